The van der Waals surface area contributed by atoms with E-state index in [0.29, 0.717) is 19.1 Å². The zero-order valence-corrected chi connectivity index (χ0v) is 15.3. The van der Waals surface area contributed by atoms with Gasteiger partial charge in [0.05, 0.1) is 5.92 Å². The lowest BCUT2D eigenvalue weighted by atomic mass is 9.98. The van der Waals surface area contributed by atoms with Gasteiger partial charge in [0.25, 0.3) is 0 Å². The number of hydrogen-bond donors (Lipinski definition) is 2. The second-order valence-corrected chi connectivity index (χ2v) is 5.23. The Hall–Kier alpha value is -0.810. The molecule has 0 aliphatic rings. The SMILES string of the molecule is CCC(C)N(C)CCNC(=O)C(CN)c1ccccc1.Cl.Cl. The number of carbonyl (C=O) groups is 1. The second kappa shape index (κ2) is 12.7. The Morgan fingerprint density at radius 3 is 2.36 bits per heavy atom. The van der Waals surface area contributed by atoms with Gasteiger partial charge in [-0.1, -0.05) is 37.3 Å². The minimum atomic E-state index is -0.259. The first-order valence-corrected chi connectivity index (χ1v) is 7.33. The van der Waals surface area contributed by atoms with Crippen molar-refractivity contribution >= 4 is 30.7 Å². The molecular formula is C16H29Cl2N3O. The zero-order chi connectivity index (χ0) is 15.0. The number of rotatable bonds is 8. The summed E-state index contributed by atoms with van der Waals surface area (Å²) in [6.45, 7) is 6.20. The highest BCUT2D eigenvalue weighted by atomic mass is 35.5. The van der Waals surface area contributed by atoms with E-state index in [-0.39, 0.29) is 36.6 Å². The summed E-state index contributed by atoms with van der Waals surface area (Å²) in [6.07, 6.45) is 1.11. The van der Waals surface area contributed by atoms with Crippen molar-refractivity contribution in [2.24, 2.45) is 5.73 Å². The van der Waals surface area contributed by atoms with Crippen LogP contribution in [0.5, 0.6) is 0 Å². The Bertz CT molecular complexity index is 404. The van der Waals surface area contributed by atoms with Gasteiger partial charge in [0.2, 0.25) is 5.91 Å². The lowest BCUT2D eigenvalue weighted by molar-refractivity contribution is -0.122. The molecule has 0 saturated heterocycles. The normalized spacial score (nSPS) is 12.8. The molecule has 0 radical (unpaired) electrons. The van der Waals surface area contributed by atoms with Crippen LogP contribution in [0, 0.1) is 0 Å². The van der Waals surface area contributed by atoms with Gasteiger partial charge in [-0.25, -0.2) is 0 Å². The van der Waals surface area contributed by atoms with E-state index >= 15 is 0 Å². The molecule has 128 valence electrons. The van der Waals surface area contributed by atoms with Gasteiger partial charge in [0, 0.05) is 25.7 Å². The van der Waals surface area contributed by atoms with Crippen molar-refractivity contribution in [3.63, 3.8) is 0 Å². The van der Waals surface area contributed by atoms with Crippen molar-refractivity contribution in [2.45, 2.75) is 32.2 Å². The second-order valence-electron chi connectivity index (χ2n) is 5.23. The number of halogens is 2. The van der Waals surface area contributed by atoms with Crippen molar-refractivity contribution in [3.8, 4) is 0 Å². The quantitative estimate of drug-likeness (QED) is 0.757. The largest absolute Gasteiger partial charge is 0.354 e. The maximum Gasteiger partial charge on any atom is 0.228 e. The monoisotopic (exact) mass is 349 g/mol. The number of nitrogens with two attached hydrogens (primary N) is 1. The maximum absolute atomic E-state index is 12.2. The highest BCUT2D eigenvalue weighted by Gasteiger charge is 2.18. The number of carbonyl (C=O) groups excluding carboxylic acids is 1. The van der Waals surface area contributed by atoms with Crippen LogP contribution in [0.1, 0.15) is 31.7 Å². The molecule has 2 unspecified atom stereocenters. The van der Waals surface area contributed by atoms with Crippen molar-refractivity contribution in [3.05, 3.63) is 35.9 Å². The molecule has 1 aromatic rings. The van der Waals surface area contributed by atoms with E-state index < -0.39 is 0 Å². The minimum Gasteiger partial charge on any atom is -0.354 e. The van der Waals surface area contributed by atoms with Gasteiger partial charge < -0.3 is 16.0 Å². The van der Waals surface area contributed by atoms with E-state index in [9.17, 15) is 4.79 Å². The fraction of sp³-hybridized carbons (Fsp3) is 0.562. The summed E-state index contributed by atoms with van der Waals surface area (Å²) in [6, 6.07) is 10.2. The van der Waals surface area contributed by atoms with Crippen molar-refractivity contribution in [2.75, 3.05) is 26.7 Å². The van der Waals surface area contributed by atoms with Crippen LogP contribution >= 0.6 is 24.8 Å². The molecule has 0 aliphatic carbocycles. The first kappa shape index (κ1) is 23.5. The Morgan fingerprint density at radius 2 is 1.86 bits per heavy atom. The van der Waals surface area contributed by atoms with Crippen LogP contribution in [-0.4, -0.2) is 43.5 Å². The predicted octanol–water partition coefficient (Wildman–Crippen LogP) is 2.42. The van der Waals surface area contributed by atoms with Gasteiger partial charge in [0.15, 0.2) is 0 Å². The van der Waals surface area contributed by atoms with E-state index in [1.807, 2.05) is 30.3 Å². The van der Waals surface area contributed by atoms with Crippen LogP contribution in [0.4, 0.5) is 0 Å². The Labute approximate surface area is 146 Å². The minimum absolute atomic E-state index is 0. The van der Waals surface area contributed by atoms with Crippen LogP contribution in [-0.2, 0) is 4.79 Å². The smallest absolute Gasteiger partial charge is 0.228 e. The molecule has 0 saturated carbocycles. The third-order valence-electron chi connectivity index (χ3n) is 3.86. The molecule has 6 heteroatoms. The molecular weight excluding hydrogens is 321 g/mol. The van der Waals surface area contributed by atoms with E-state index in [1.54, 1.807) is 0 Å². The molecule has 0 fully saturated rings. The summed E-state index contributed by atoms with van der Waals surface area (Å²) in [5, 5.41) is 2.98. The standard InChI is InChI=1S/C16H27N3O.2ClH/c1-4-13(2)19(3)11-10-18-16(20)15(12-17)14-8-6-5-7-9-14;;/h5-9,13,15H,4,10-12,17H2,1-3H3,(H,18,20);2*1H. The van der Waals surface area contributed by atoms with Crippen molar-refractivity contribution < 1.29 is 4.79 Å². The van der Waals surface area contributed by atoms with Gasteiger partial charge in [-0.3, -0.25) is 4.79 Å². The molecule has 0 heterocycles. The fourth-order valence-corrected chi connectivity index (χ4v) is 2.09. The van der Waals surface area contributed by atoms with Gasteiger partial charge >= 0.3 is 0 Å². The average Bonchev–Trinajstić information content (AvgIpc) is 2.48. The lowest BCUT2D eigenvalue weighted by Gasteiger charge is -2.24. The molecule has 3 N–H and O–H groups in total. The van der Waals surface area contributed by atoms with Crippen molar-refractivity contribution in [1.82, 2.24) is 10.2 Å². The summed E-state index contributed by atoms with van der Waals surface area (Å²) in [5.41, 5.74) is 6.71. The molecule has 4 nitrogen and oxygen atoms in total. The van der Waals surface area contributed by atoms with Crippen LogP contribution in [0.25, 0.3) is 0 Å². The summed E-state index contributed by atoms with van der Waals surface area (Å²) >= 11 is 0. The molecule has 0 aromatic heterocycles. The molecule has 1 rings (SSSR count). The van der Waals surface area contributed by atoms with E-state index in [1.165, 1.54) is 0 Å². The zero-order valence-electron chi connectivity index (χ0n) is 13.6. The van der Waals surface area contributed by atoms with Crippen LogP contribution in [0.2, 0.25) is 0 Å². The molecule has 1 aromatic carbocycles. The van der Waals surface area contributed by atoms with Crippen LogP contribution in [0.3, 0.4) is 0 Å². The lowest BCUT2D eigenvalue weighted by Crippen LogP contribution is -2.40. The van der Waals surface area contributed by atoms with Crippen LogP contribution in [0.15, 0.2) is 30.3 Å². The number of amides is 1. The first-order chi connectivity index (χ1) is 9.60. The summed E-state index contributed by atoms with van der Waals surface area (Å²) < 4.78 is 0. The molecule has 2 atom stereocenters. The number of nitrogens with zero attached hydrogens (tertiary/aromatic N) is 1. The Kier molecular flexibility index (Phi) is 13.5. The number of likely N-dealkylation sites (N-methyl/N-ethyl adjacent to an activating group) is 1. The fourth-order valence-electron chi connectivity index (χ4n) is 2.09. The van der Waals surface area contributed by atoms with Gasteiger partial charge in [-0.05, 0) is 26.0 Å². The topological polar surface area (TPSA) is 58.4 Å². The summed E-state index contributed by atoms with van der Waals surface area (Å²) in [4.78, 5) is 14.4. The van der Waals surface area contributed by atoms with Crippen LogP contribution < -0.4 is 11.1 Å². The molecule has 0 aliphatic heterocycles. The molecule has 1 amide bonds. The molecule has 0 bridgehead atoms. The van der Waals surface area contributed by atoms with E-state index in [0.717, 1.165) is 18.5 Å². The maximum atomic E-state index is 12.2. The van der Waals surface area contributed by atoms with E-state index in [2.05, 4.69) is 31.1 Å². The van der Waals surface area contributed by atoms with Gasteiger partial charge in [0.1, 0.15) is 0 Å². The van der Waals surface area contributed by atoms with Gasteiger partial charge in [-0.15, -0.1) is 24.8 Å². The summed E-state index contributed by atoms with van der Waals surface area (Å²) in [5.74, 6) is -0.249. The van der Waals surface area contributed by atoms with Crippen molar-refractivity contribution in [1.29, 1.82) is 0 Å². The third kappa shape index (κ3) is 7.45. The Morgan fingerprint density at radius 1 is 1.27 bits per heavy atom. The molecule has 22 heavy (non-hydrogen) atoms. The number of benzene rings is 1. The highest BCUT2D eigenvalue weighted by Crippen LogP contribution is 2.13. The number of hydrogen-bond acceptors (Lipinski definition) is 3. The highest BCUT2D eigenvalue weighted by molar-refractivity contribution is 5.85. The van der Waals surface area contributed by atoms with Gasteiger partial charge in [-0.2, -0.15) is 0 Å². The average molecular weight is 350 g/mol. The van der Waals surface area contributed by atoms with E-state index in [4.69, 9.17) is 5.73 Å². The molecule has 0 spiro atoms. The Balaban J connectivity index is 0. The number of nitrogens with one attached hydrogen (secondary N) is 1. The third-order valence-corrected chi connectivity index (χ3v) is 3.86. The first-order valence-electron chi connectivity index (χ1n) is 7.33. The predicted molar refractivity (Wildman–Crippen MR) is 98.1 cm³/mol. The summed E-state index contributed by atoms with van der Waals surface area (Å²) in [7, 11) is 2.08.